The molecule has 1 unspecified atom stereocenters. The Hall–Kier alpha value is -4.84. The van der Waals surface area contributed by atoms with Crippen molar-refractivity contribution in [1.29, 1.82) is 0 Å². The number of nitrogens with zero attached hydrogens (tertiary/aromatic N) is 2. The highest BCUT2D eigenvalue weighted by atomic mass is 16.6. The topological polar surface area (TPSA) is 170 Å². The molecule has 0 spiro atoms. The minimum atomic E-state index is -0.833. The predicted octanol–water partition coefficient (Wildman–Crippen LogP) is 7.10. The summed E-state index contributed by atoms with van der Waals surface area (Å²) in [5.41, 5.74) is -1.28. The van der Waals surface area contributed by atoms with Gasteiger partial charge in [0.25, 0.3) is 0 Å². The number of aromatic amines is 1. The molecule has 0 aromatic carbocycles. The zero-order valence-electron chi connectivity index (χ0n) is 32.0. The molecule has 288 valence electrons. The maximum atomic E-state index is 13.3. The molecule has 5 rings (SSSR count). The minimum absolute atomic E-state index is 0.0503. The zero-order chi connectivity index (χ0) is 38.9. The summed E-state index contributed by atoms with van der Waals surface area (Å²) in [5, 5.41) is 25.2. The molecule has 8 atom stereocenters. The monoisotopic (exact) mass is 738 g/mol. The van der Waals surface area contributed by atoms with E-state index < -0.39 is 47.2 Å². The first-order valence-electron chi connectivity index (χ1n) is 18.7. The normalized spacial score (nSPS) is 30.5. The molecule has 4 bridgehead atoms. The summed E-state index contributed by atoms with van der Waals surface area (Å²) in [6.07, 6.45) is 31.8. The number of allylic oxidation sites excluding steroid dienone is 8. The average molecular weight is 739 g/mol. The van der Waals surface area contributed by atoms with Crippen molar-refractivity contribution in [2.24, 2.45) is 22.7 Å². The number of carbonyl (C=O) groups is 2. The zero-order valence-corrected chi connectivity index (χ0v) is 32.0. The summed E-state index contributed by atoms with van der Waals surface area (Å²) in [5.74, 6) is 0.316. The average Bonchev–Trinajstić information content (AvgIpc) is 3.93. The van der Waals surface area contributed by atoms with Crippen LogP contribution in [0.2, 0.25) is 0 Å². The lowest BCUT2D eigenvalue weighted by atomic mass is 9.79. The van der Waals surface area contributed by atoms with Crippen LogP contribution in [0.4, 0.5) is 0 Å². The number of aliphatic hydroxyl groups is 2. The van der Waals surface area contributed by atoms with Gasteiger partial charge >= 0.3 is 11.9 Å². The summed E-state index contributed by atoms with van der Waals surface area (Å²) in [4.78, 5) is 38.2. The molecule has 2 aliphatic heterocycles. The van der Waals surface area contributed by atoms with Crippen LogP contribution in [0, 0.1) is 22.7 Å². The first kappa shape index (κ1) is 40.3. The van der Waals surface area contributed by atoms with Crippen LogP contribution in [0.15, 0.2) is 102 Å². The van der Waals surface area contributed by atoms with Crippen LogP contribution in [0.3, 0.4) is 0 Å². The highest BCUT2D eigenvalue weighted by molar-refractivity contribution is 5.88. The van der Waals surface area contributed by atoms with Crippen LogP contribution >= 0.6 is 0 Å². The first-order chi connectivity index (χ1) is 25.8. The molecule has 1 aliphatic carbocycles. The molecule has 1 saturated carbocycles. The van der Waals surface area contributed by atoms with E-state index in [0.29, 0.717) is 30.5 Å². The Kier molecular flexibility index (Phi) is 13.4. The Morgan fingerprint density at radius 3 is 2.07 bits per heavy atom. The van der Waals surface area contributed by atoms with Crippen LogP contribution in [-0.2, 0) is 9.47 Å². The van der Waals surface area contributed by atoms with Gasteiger partial charge in [0.1, 0.15) is 30.0 Å². The molecule has 3 aliphatic rings. The van der Waals surface area contributed by atoms with Crippen molar-refractivity contribution in [2.75, 3.05) is 0 Å². The standard InChI is InChI=1S/C43H54N4O7/c1-7-15-34(48)42(3,4)36-21-13-18-29-25-28(29)17-9-11-23-38-44-26-32(46-38)40(50)53-37(43(5,6)35(49)16-8-2)22-14-20-31-30(45-31)19-10-12-24-39-47-33(27-52-39)41(51)54-36/h7-20,23-24,26-31,34-37,45,48-49H,21-22,25H2,1-6H3,(H,44,46)/b15-7+,16-8+,17-9+,18-13-,19-10+,20-14-,23-11-,24-12-/t28-,29?,30-,31+,34-,35-,36-,37-/m0/s1. The number of oxazole rings is 1. The number of cyclic esters (lactones) is 2. The second-order valence-corrected chi connectivity index (χ2v) is 15.2. The summed E-state index contributed by atoms with van der Waals surface area (Å²) >= 11 is 0. The number of ether oxygens (including phenoxy) is 2. The lowest BCUT2D eigenvalue weighted by Crippen LogP contribution is -2.42. The molecule has 11 heteroatoms. The van der Waals surface area contributed by atoms with Crippen LogP contribution in [0.25, 0.3) is 12.2 Å². The van der Waals surface area contributed by atoms with Gasteiger partial charge in [-0.2, -0.15) is 0 Å². The fourth-order valence-corrected chi connectivity index (χ4v) is 6.21. The third-order valence-electron chi connectivity index (χ3n) is 10.4. The number of nitrogens with one attached hydrogen (secondary N) is 2. The van der Waals surface area contributed by atoms with Crippen molar-refractivity contribution in [3.05, 3.63) is 121 Å². The second kappa shape index (κ2) is 18.0. The van der Waals surface area contributed by atoms with Crippen LogP contribution in [-0.4, -0.2) is 73.6 Å². The molecular weight excluding hydrogens is 684 g/mol. The van der Waals surface area contributed by atoms with E-state index in [0.717, 1.165) is 6.42 Å². The summed E-state index contributed by atoms with van der Waals surface area (Å²) in [6.45, 7) is 11.2. The Balaban J connectivity index is 1.35. The largest absolute Gasteiger partial charge is 0.457 e. The maximum absolute atomic E-state index is 13.3. The van der Waals surface area contributed by atoms with E-state index in [2.05, 4.69) is 32.4 Å². The van der Waals surface area contributed by atoms with Gasteiger partial charge in [0.05, 0.1) is 18.4 Å². The van der Waals surface area contributed by atoms with Crippen molar-refractivity contribution >= 4 is 24.1 Å². The highest BCUT2D eigenvalue weighted by Gasteiger charge is 2.40. The van der Waals surface area contributed by atoms with E-state index in [-0.39, 0.29) is 29.4 Å². The van der Waals surface area contributed by atoms with Gasteiger partial charge in [-0.05, 0) is 38.2 Å². The number of H-pyrrole nitrogens is 1. The quantitative estimate of drug-likeness (QED) is 0.136. The number of hydrogen-bond acceptors (Lipinski definition) is 10. The molecule has 54 heavy (non-hydrogen) atoms. The number of aliphatic hydroxyl groups excluding tert-OH is 2. The van der Waals surface area contributed by atoms with Gasteiger partial charge < -0.3 is 34.4 Å². The van der Waals surface area contributed by atoms with Crippen molar-refractivity contribution in [1.82, 2.24) is 20.3 Å². The van der Waals surface area contributed by atoms with Crippen molar-refractivity contribution < 1.29 is 33.7 Å². The number of rotatable bonds is 6. The molecule has 1 saturated heterocycles. The van der Waals surface area contributed by atoms with E-state index in [1.165, 1.54) is 12.5 Å². The molecule has 4 heterocycles. The fraction of sp³-hybridized carbons (Fsp3) is 0.442. The number of carbonyl (C=O) groups excluding carboxylic acids is 2. The van der Waals surface area contributed by atoms with Crippen molar-refractivity contribution in [2.45, 2.75) is 97.3 Å². The van der Waals surface area contributed by atoms with E-state index in [1.807, 2.05) is 84.1 Å². The van der Waals surface area contributed by atoms with Gasteiger partial charge in [-0.1, -0.05) is 113 Å². The molecule has 4 N–H and O–H groups in total. The van der Waals surface area contributed by atoms with E-state index in [1.54, 1.807) is 42.5 Å². The molecular formula is C43H54N4O7. The van der Waals surface area contributed by atoms with Crippen molar-refractivity contribution in [3.8, 4) is 0 Å². The van der Waals surface area contributed by atoms with E-state index >= 15 is 0 Å². The van der Waals surface area contributed by atoms with Gasteiger partial charge in [0.2, 0.25) is 5.89 Å². The molecule has 0 amide bonds. The van der Waals surface area contributed by atoms with Gasteiger partial charge in [0.15, 0.2) is 5.69 Å². The summed E-state index contributed by atoms with van der Waals surface area (Å²) in [6, 6.07) is 0.200. The third kappa shape index (κ3) is 10.6. The van der Waals surface area contributed by atoms with E-state index in [9.17, 15) is 19.8 Å². The van der Waals surface area contributed by atoms with Gasteiger partial charge in [-0.25, -0.2) is 19.6 Å². The SMILES string of the molecule is C/C=C/[C@H](O)C(C)(C)[C@@H]1C/C=C\C2C[C@@H]2/C=C/C=C\c2ncc([nH]2)C(=O)O[C@H](C(C)(C)[C@@H](O)/C=C/C)C/C=C\[C@H]2N[C@H]2/C=C/C=C\c2nc(co2)C(=O)O1. The summed E-state index contributed by atoms with van der Waals surface area (Å²) < 4.78 is 17.5. The number of esters is 2. The molecule has 2 aromatic rings. The predicted molar refractivity (Wildman–Crippen MR) is 209 cm³/mol. The minimum Gasteiger partial charge on any atom is -0.457 e. The molecule has 0 radical (unpaired) electrons. The number of aromatic nitrogens is 3. The number of hydrogen-bond donors (Lipinski definition) is 4. The summed E-state index contributed by atoms with van der Waals surface area (Å²) in [7, 11) is 0. The molecule has 11 nitrogen and oxygen atoms in total. The number of fused-ring (bicyclic) bond motifs is 6. The van der Waals surface area contributed by atoms with Crippen molar-refractivity contribution in [3.63, 3.8) is 0 Å². The Morgan fingerprint density at radius 2 is 1.39 bits per heavy atom. The Morgan fingerprint density at radius 1 is 0.796 bits per heavy atom. The van der Waals surface area contributed by atoms with Gasteiger partial charge in [-0.3, -0.25) is 0 Å². The smallest absolute Gasteiger partial charge is 0.360 e. The lowest BCUT2D eigenvalue weighted by molar-refractivity contribution is -0.0461. The number of imidazole rings is 1. The van der Waals surface area contributed by atoms with Gasteiger partial charge in [0, 0.05) is 41.8 Å². The highest BCUT2D eigenvalue weighted by Crippen LogP contribution is 2.41. The van der Waals surface area contributed by atoms with Gasteiger partial charge in [-0.15, -0.1) is 0 Å². The Labute approximate surface area is 318 Å². The third-order valence-corrected chi connectivity index (χ3v) is 10.4. The molecule has 2 aromatic heterocycles. The molecule has 2 fully saturated rings. The van der Waals surface area contributed by atoms with Crippen LogP contribution < -0.4 is 5.32 Å². The van der Waals surface area contributed by atoms with Crippen LogP contribution in [0.5, 0.6) is 0 Å². The Bertz CT molecular complexity index is 1710. The van der Waals surface area contributed by atoms with Crippen LogP contribution in [0.1, 0.15) is 93.5 Å². The lowest BCUT2D eigenvalue weighted by Gasteiger charge is -2.36. The maximum Gasteiger partial charge on any atom is 0.360 e. The first-order valence-corrected chi connectivity index (χ1v) is 18.7. The fourth-order valence-electron chi connectivity index (χ4n) is 6.21. The van der Waals surface area contributed by atoms with E-state index in [4.69, 9.17) is 13.9 Å². The second-order valence-electron chi connectivity index (χ2n) is 15.2.